The lowest BCUT2D eigenvalue weighted by atomic mass is 10.1. The van der Waals surface area contributed by atoms with Crippen LogP contribution in [0.4, 0.5) is 0 Å². The summed E-state index contributed by atoms with van der Waals surface area (Å²) in [4.78, 5) is 6.58. The second-order valence-corrected chi connectivity index (χ2v) is 6.03. The third kappa shape index (κ3) is 2.27. The fourth-order valence-corrected chi connectivity index (χ4v) is 3.21. The molecule has 2 heterocycles. The van der Waals surface area contributed by atoms with Gasteiger partial charge in [-0.3, -0.25) is 4.98 Å². The number of aryl methyl sites for hydroxylation is 2. The van der Waals surface area contributed by atoms with Crippen molar-refractivity contribution in [1.82, 2.24) is 4.98 Å². The molecule has 0 bridgehead atoms. The zero-order valence-electron chi connectivity index (χ0n) is 10.9. The molecule has 19 heavy (non-hydrogen) atoms. The highest BCUT2D eigenvalue weighted by atomic mass is 32.1. The summed E-state index contributed by atoms with van der Waals surface area (Å²) in [7, 11) is 0. The largest absolute Gasteiger partial charge is 0.383 e. The lowest BCUT2D eigenvalue weighted by Gasteiger charge is -2.09. The molecule has 0 saturated heterocycles. The van der Waals surface area contributed by atoms with E-state index in [0.29, 0.717) is 0 Å². The van der Waals surface area contributed by atoms with E-state index < -0.39 is 6.10 Å². The Hall–Kier alpha value is -1.71. The van der Waals surface area contributed by atoms with E-state index in [0.717, 1.165) is 21.3 Å². The highest BCUT2D eigenvalue weighted by Crippen LogP contribution is 2.31. The summed E-state index contributed by atoms with van der Waals surface area (Å²) in [6.45, 7) is 4.15. The molecular weight excluding hydrogens is 254 g/mol. The molecule has 0 saturated carbocycles. The van der Waals surface area contributed by atoms with Crippen LogP contribution < -0.4 is 0 Å². The summed E-state index contributed by atoms with van der Waals surface area (Å²) in [6, 6.07) is 12.0. The van der Waals surface area contributed by atoms with Crippen molar-refractivity contribution in [2.75, 3.05) is 0 Å². The fourth-order valence-electron chi connectivity index (χ4n) is 2.15. The van der Waals surface area contributed by atoms with Crippen molar-refractivity contribution in [2.45, 2.75) is 20.0 Å². The van der Waals surface area contributed by atoms with Crippen LogP contribution >= 0.6 is 11.3 Å². The zero-order chi connectivity index (χ0) is 13.4. The van der Waals surface area contributed by atoms with Crippen molar-refractivity contribution in [3.05, 3.63) is 63.5 Å². The highest BCUT2D eigenvalue weighted by molar-refractivity contribution is 7.12. The molecule has 0 aliphatic rings. The first-order valence-corrected chi connectivity index (χ1v) is 7.06. The van der Waals surface area contributed by atoms with E-state index in [1.54, 1.807) is 17.5 Å². The van der Waals surface area contributed by atoms with Crippen LogP contribution in [0.1, 0.15) is 27.0 Å². The fraction of sp³-hybridized carbons (Fsp3) is 0.188. The van der Waals surface area contributed by atoms with Gasteiger partial charge in [-0.05, 0) is 43.2 Å². The van der Waals surface area contributed by atoms with Gasteiger partial charge < -0.3 is 5.11 Å². The maximum atomic E-state index is 10.5. The summed E-state index contributed by atoms with van der Waals surface area (Å²) in [6.07, 6.45) is 1.21. The molecule has 0 aliphatic carbocycles. The average molecular weight is 269 g/mol. The minimum Gasteiger partial charge on any atom is -0.383 e. The van der Waals surface area contributed by atoms with Gasteiger partial charge in [-0.15, -0.1) is 11.3 Å². The van der Waals surface area contributed by atoms with Crippen molar-refractivity contribution in [2.24, 2.45) is 0 Å². The Balaban J connectivity index is 2.03. The van der Waals surface area contributed by atoms with E-state index in [-0.39, 0.29) is 0 Å². The minimum atomic E-state index is -0.566. The summed E-state index contributed by atoms with van der Waals surface area (Å²) >= 11 is 1.65. The van der Waals surface area contributed by atoms with Gasteiger partial charge >= 0.3 is 0 Å². The van der Waals surface area contributed by atoms with Crippen LogP contribution in [0.5, 0.6) is 0 Å². The van der Waals surface area contributed by atoms with Crippen LogP contribution in [0.2, 0.25) is 0 Å². The maximum Gasteiger partial charge on any atom is 0.113 e. The molecule has 1 unspecified atom stereocenters. The Kier molecular flexibility index (Phi) is 3.09. The van der Waals surface area contributed by atoms with E-state index in [4.69, 9.17) is 0 Å². The molecule has 2 aromatic heterocycles. The van der Waals surface area contributed by atoms with Crippen LogP contribution in [0.3, 0.4) is 0 Å². The van der Waals surface area contributed by atoms with Gasteiger partial charge in [-0.1, -0.05) is 18.2 Å². The predicted octanol–water partition coefficient (Wildman–Crippen LogP) is 3.99. The van der Waals surface area contributed by atoms with Crippen molar-refractivity contribution >= 4 is 22.2 Å². The molecule has 0 radical (unpaired) electrons. The second kappa shape index (κ2) is 4.76. The predicted molar refractivity (Wildman–Crippen MR) is 79.6 cm³/mol. The minimum absolute atomic E-state index is 0.566. The molecule has 1 aromatic carbocycles. The third-order valence-electron chi connectivity index (χ3n) is 3.40. The van der Waals surface area contributed by atoms with Gasteiger partial charge in [0.1, 0.15) is 6.10 Å². The van der Waals surface area contributed by atoms with E-state index in [1.807, 2.05) is 30.3 Å². The molecule has 96 valence electrons. The van der Waals surface area contributed by atoms with E-state index in [9.17, 15) is 5.11 Å². The number of rotatable bonds is 2. The van der Waals surface area contributed by atoms with Gasteiger partial charge in [0.15, 0.2) is 0 Å². The summed E-state index contributed by atoms with van der Waals surface area (Å²) < 4.78 is 0. The summed E-state index contributed by atoms with van der Waals surface area (Å²) in [5.74, 6) is 0. The quantitative estimate of drug-likeness (QED) is 0.763. The number of hydrogen-bond acceptors (Lipinski definition) is 3. The lowest BCUT2D eigenvalue weighted by Crippen LogP contribution is -1.97. The first-order chi connectivity index (χ1) is 9.15. The lowest BCUT2D eigenvalue weighted by molar-refractivity contribution is 0.224. The first-order valence-electron chi connectivity index (χ1n) is 6.25. The molecular formula is C16H15NOS. The molecule has 0 spiro atoms. The Labute approximate surface area is 116 Å². The highest BCUT2D eigenvalue weighted by Gasteiger charge is 2.14. The Morgan fingerprint density at radius 3 is 2.74 bits per heavy atom. The number of hydrogen-bond donors (Lipinski definition) is 1. The second-order valence-electron chi connectivity index (χ2n) is 4.75. The number of aromatic nitrogens is 1. The normalized spacial score (nSPS) is 12.8. The Morgan fingerprint density at radius 2 is 2.00 bits per heavy atom. The third-order valence-corrected chi connectivity index (χ3v) is 4.61. The van der Waals surface area contributed by atoms with E-state index >= 15 is 0 Å². The number of aliphatic hydroxyl groups excluding tert-OH is 1. The number of aliphatic hydroxyl groups is 1. The van der Waals surface area contributed by atoms with Gasteiger partial charge in [-0.2, -0.15) is 0 Å². The Bertz CT molecular complexity index is 713. The van der Waals surface area contributed by atoms with Gasteiger partial charge in [0, 0.05) is 21.3 Å². The van der Waals surface area contributed by atoms with Crippen LogP contribution in [0.25, 0.3) is 10.9 Å². The summed E-state index contributed by atoms with van der Waals surface area (Å²) in [5.41, 5.74) is 3.05. The molecule has 3 rings (SSSR count). The van der Waals surface area contributed by atoms with Crippen molar-refractivity contribution in [3.8, 4) is 0 Å². The molecule has 0 amide bonds. The first kappa shape index (κ1) is 12.3. The molecule has 0 aliphatic heterocycles. The molecule has 0 fully saturated rings. The summed E-state index contributed by atoms with van der Waals surface area (Å²) in [5, 5.41) is 11.6. The number of thiophene rings is 1. The maximum absolute atomic E-state index is 10.5. The standard InChI is InChI=1S/C16H15NOS/c1-10-8-15(19-11(10)2)16(18)13-6-5-12-4-3-7-17-14(12)9-13/h3-9,16,18H,1-2H3. The van der Waals surface area contributed by atoms with Crippen molar-refractivity contribution in [1.29, 1.82) is 0 Å². The number of benzene rings is 1. The zero-order valence-corrected chi connectivity index (χ0v) is 11.7. The van der Waals surface area contributed by atoms with E-state index in [2.05, 4.69) is 24.9 Å². The molecule has 1 atom stereocenters. The number of fused-ring (bicyclic) bond motifs is 1. The monoisotopic (exact) mass is 269 g/mol. The number of nitrogens with zero attached hydrogens (tertiary/aromatic N) is 1. The van der Waals surface area contributed by atoms with Gasteiger partial charge in [0.25, 0.3) is 0 Å². The van der Waals surface area contributed by atoms with Crippen LogP contribution in [0.15, 0.2) is 42.6 Å². The van der Waals surface area contributed by atoms with Crippen LogP contribution in [0, 0.1) is 13.8 Å². The SMILES string of the molecule is Cc1cc(C(O)c2ccc3cccnc3c2)sc1C. The van der Waals surface area contributed by atoms with Crippen LogP contribution in [-0.2, 0) is 0 Å². The van der Waals surface area contributed by atoms with E-state index in [1.165, 1.54) is 10.4 Å². The number of pyridine rings is 1. The van der Waals surface area contributed by atoms with Gasteiger partial charge in [-0.25, -0.2) is 0 Å². The molecule has 3 aromatic rings. The van der Waals surface area contributed by atoms with Gasteiger partial charge in [0.05, 0.1) is 5.52 Å². The molecule has 1 N–H and O–H groups in total. The average Bonchev–Trinajstić information content (AvgIpc) is 2.77. The van der Waals surface area contributed by atoms with Gasteiger partial charge in [0.2, 0.25) is 0 Å². The smallest absolute Gasteiger partial charge is 0.113 e. The van der Waals surface area contributed by atoms with Crippen molar-refractivity contribution < 1.29 is 5.11 Å². The Morgan fingerprint density at radius 1 is 1.16 bits per heavy atom. The molecule has 2 nitrogen and oxygen atoms in total. The topological polar surface area (TPSA) is 33.1 Å². The van der Waals surface area contributed by atoms with Crippen molar-refractivity contribution in [3.63, 3.8) is 0 Å². The van der Waals surface area contributed by atoms with Crippen LogP contribution in [-0.4, -0.2) is 10.1 Å². The molecule has 3 heteroatoms.